The third-order valence-corrected chi connectivity index (χ3v) is 4.88. The van der Waals surface area contributed by atoms with Crippen molar-refractivity contribution < 1.29 is 4.74 Å². The molecule has 19 heavy (non-hydrogen) atoms. The smallest absolute Gasteiger partial charge is 0.123 e. The summed E-state index contributed by atoms with van der Waals surface area (Å²) >= 11 is 1.76. The molecule has 4 nitrogen and oxygen atoms in total. The monoisotopic (exact) mass is 281 g/mol. The van der Waals surface area contributed by atoms with Gasteiger partial charge < -0.3 is 10.1 Å². The molecule has 2 aliphatic rings. The Hall–Kier alpha value is -0.490. The van der Waals surface area contributed by atoms with Gasteiger partial charge in [-0.25, -0.2) is 4.98 Å². The fraction of sp³-hybridized carbons (Fsp3) is 0.786. The Labute approximate surface area is 119 Å². The van der Waals surface area contributed by atoms with Crippen molar-refractivity contribution in [2.75, 3.05) is 32.8 Å². The second-order valence-electron chi connectivity index (χ2n) is 5.42. The molecule has 0 aromatic carbocycles. The molecule has 1 N–H and O–H groups in total. The van der Waals surface area contributed by atoms with Gasteiger partial charge in [-0.1, -0.05) is 6.92 Å². The summed E-state index contributed by atoms with van der Waals surface area (Å²) in [5.74, 6) is 0. The summed E-state index contributed by atoms with van der Waals surface area (Å²) in [5, 5.41) is 6.88. The molecule has 106 valence electrons. The van der Waals surface area contributed by atoms with E-state index in [-0.39, 0.29) is 6.10 Å². The summed E-state index contributed by atoms with van der Waals surface area (Å²) < 4.78 is 5.90. The SMILES string of the molecule is CCCN1CCOC(c2nc([C@@H]3CCCN3)cs2)C1. The van der Waals surface area contributed by atoms with Crippen molar-refractivity contribution in [3.05, 3.63) is 16.1 Å². The molecule has 2 fully saturated rings. The largest absolute Gasteiger partial charge is 0.368 e. The summed E-state index contributed by atoms with van der Waals surface area (Å²) in [4.78, 5) is 7.30. The van der Waals surface area contributed by atoms with Gasteiger partial charge in [0.15, 0.2) is 0 Å². The summed E-state index contributed by atoms with van der Waals surface area (Å²) in [7, 11) is 0. The fourth-order valence-corrected chi connectivity index (χ4v) is 3.83. The average Bonchev–Trinajstić information content (AvgIpc) is 3.11. The lowest BCUT2D eigenvalue weighted by molar-refractivity contribution is -0.0300. The third-order valence-electron chi connectivity index (χ3n) is 3.92. The topological polar surface area (TPSA) is 37.4 Å². The number of hydrogen-bond acceptors (Lipinski definition) is 5. The van der Waals surface area contributed by atoms with Crippen molar-refractivity contribution in [1.29, 1.82) is 0 Å². The van der Waals surface area contributed by atoms with Gasteiger partial charge in [0, 0.05) is 18.5 Å². The third kappa shape index (κ3) is 3.16. The van der Waals surface area contributed by atoms with Gasteiger partial charge in [0.05, 0.1) is 18.3 Å². The maximum Gasteiger partial charge on any atom is 0.123 e. The molecule has 5 heteroatoms. The fourth-order valence-electron chi connectivity index (χ4n) is 2.92. The normalized spacial score (nSPS) is 28.9. The lowest BCUT2D eigenvalue weighted by atomic mass is 10.2. The van der Waals surface area contributed by atoms with Crippen LogP contribution in [0.2, 0.25) is 0 Å². The summed E-state index contributed by atoms with van der Waals surface area (Å²) in [6.45, 7) is 7.43. The van der Waals surface area contributed by atoms with Crippen LogP contribution in [-0.2, 0) is 4.74 Å². The highest BCUT2D eigenvalue weighted by molar-refractivity contribution is 7.09. The number of aromatic nitrogens is 1. The van der Waals surface area contributed by atoms with E-state index in [9.17, 15) is 0 Å². The molecule has 0 radical (unpaired) electrons. The zero-order chi connectivity index (χ0) is 13.1. The minimum absolute atomic E-state index is 0.181. The van der Waals surface area contributed by atoms with E-state index >= 15 is 0 Å². The number of ether oxygens (including phenoxy) is 1. The van der Waals surface area contributed by atoms with Crippen LogP contribution in [0.15, 0.2) is 5.38 Å². The first-order chi connectivity index (χ1) is 9.36. The van der Waals surface area contributed by atoms with Gasteiger partial charge in [0.1, 0.15) is 11.1 Å². The van der Waals surface area contributed by atoms with Crippen LogP contribution in [0, 0.1) is 0 Å². The quantitative estimate of drug-likeness (QED) is 0.919. The Morgan fingerprint density at radius 2 is 2.53 bits per heavy atom. The summed E-state index contributed by atoms with van der Waals surface area (Å²) in [6, 6.07) is 0.473. The van der Waals surface area contributed by atoms with Gasteiger partial charge >= 0.3 is 0 Å². The van der Waals surface area contributed by atoms with Crippen molar-refractivity contribution in [2.45, 2.75) is 38.3 Å². The minimum atomic E-state index is 0.181. The Bertz CT molecular complexity index is 401. The predicted molar refractivity (Wildman–Crippen MR) is 77.5 cm³/mol. The van der Waals surface area contributed by atoms with Crippen molar-refractivity contribution in [2.24, 2.45) is 0 Å². The second kappa shape index (κ2) is 6.31. The molecule has 0 spiro atoms. The van der Waals surface area contributed by atoms with Gasteiger partial charge in [-0.05, 0) is 32.4 Å². The van der Waals surface area contributed by atoms with Crippen LogP contribution in [-0.4, -0.2) is 42.7 Å². The van der Waals surface area contributed by atoms with E-state index in [1.165, 1.54) is 31.5 Å². The van der Waals surface area contributed by atoms with Crippen LogP contribution < -0.4 is 5.32 Å². The molecule has 2 aliphatic heterocycles. The number of hydrogen-bond donors (Lipinski definition) is 1. The molecule has 0 saturated carbocycles. The molecule has 1 unspecified atom stereocenters. The zero-order valence-electron chi connectivity index (χ0n) is 11.6. The van der Waals surface area contributed by atoms with Crippen molar-refractivity contribution in [3.8, 4) is 0 Å². The maximum atomic E-state index is 5.90. The van der Waals surface area contributed by atoms with Crippen LogP contribution in [0.1, 0.15) is 49.0 Å². The molecule has 3 rings (SSSR count). The number of rotatable bonds is 4. The molecule has 1 aromatic rings. The van der Waals surface area contributed by atoms with E-state index < -0.39 is 0 Å². The van der Waals surface area contributed by atoms with E-state index in [1.54, 1.807) is 11.3 Å². The highest BCUT2D eigenvalue weighted by Crippen LogP contribution is 2.29. The second-order valence-corrected chi connectivity index (χ2v) is 6.31. The van der Waals surface area contributed by atoms with Gasteiger partial charge in [0.25, 0.3) is 0 Å². The number of nitrogens with zero attached hydrogens (tertiary/aromatic N) is 2. The lowest BCUT2D eigenvalue weighted by Crippen LogP contribution is -2.38. The molecular weight excluding hydrogens is 258 g/mol. The first-order valence-electron chi connectivity index (χ1n) is 7.39. The lowest BCUT2D eigenvalue weighted by Gasteiger charge is -2.31. The first kappa shape index (κ1) is 13.5. The van der Waals surface area contributed by atoms with E-state index in [2.05, 4.69) is 22.5 Å². The van der Waals surface area contributed by atoms with Crippen molar-refractivity contribution in [3.63, 3.8) is 0 Å². The van der Waals surface area contributed by atoms with Crippen molar-refractivity contribution in [1.82, 2.24) is 15.2 Å². The Kier molecular flexibility index (Phi) is 4.48. The van der Waals surface area contributed by atoms with E-state index in [0.29, 0.717) is 6.04 Å². The van der Waals surface area contributed by atoms with Crippen LogP contribution in [0.5, 0.6) is 0 Å². The number of thiazole rings is 1. The average molecular weight is 281 g/mol. The number of nitrogens with one attached hydrogen (secondary N) is 1. The summed E-state index contributed by atoms with van der Waals surface area (Å²) in [6.07, 6.45) is 3.88. The van der Waals surface area contributed by atoms with E-state index in [0.717, 1.165) is 31.2 Å². The van der Waals surface area contributed by atoms with E-state index in [1.807, 2.05) is 0 Å². The Morgan fingerprint density at radius 1 is 1.58 bits per heavy atom. The van der Waals surface area contributed by atoms with Gasteiger partial charge in [-0.2, -0.15) is 0 Å². The zero-order valence-corrected chi connectivity index (χ0v) is 12.4. The molecule has 2 atom stereocenters. The molecule has 2 saturated heterocycles. The minimum Gasteiger partial charge on any atom is -0.368 e. The molecular formula is C14H23N3OS. The maximum absolute atomic E-state index is 5.90. The Morgan fingerprint density at radius 3 is 3.32 bits per heavy atom. The predicted octanol–water partition coefficient (Wildman–Crippen LogP) is 2.35. The van der Waals surface area contributed by atoms with Crippen LogP contribution in [0.25, 0.3) is 0 Å². The molecule has 1 aromatic heterocycles. The highest BCUT2D eigenvalue weighted by atomic mass is 32.1. The molecule has 0 bridgehead atoms. The summed E-state index contributed by atoms with van der Waals surface area (Å²) in [5.41, 5.74) is 1.22. The van der Waals surface area contributed by atoms with Gasteiger partial charge in [-0.3, -0.25) is 4.90 Å². The molecule has 0 amide bonds. The van der Waals surface area contributed by atoms with Crippen LogP contribution in [0.3, 0.4) is 0 Å². The Balaban J connectivity index is 1.64. The standard InChI is InChI=1S/C14H23N3OS/c1-2-6-17-7-8-18-13(9-17)14-16-12(10-19-14)11-4-3-5-15-11/h10-11,13,15H,2-9H2,1H3/t11-,13?/m0/s1. The van der Waals surface area contributed by atoms with Gasteiger partial charge in [-0.15, -0.1) is 11.3 Å². The van der Waals surface area contributed by atoms with Crippen molar-refractivity contribution >= 4 is 11.3 Å². The van der Waals surface area contributed by atoms with E-state index in [4.69, 9.17) is 9.72 Å². The molecule has 0 aliphatic carbocycles. The van der Waals surface area contributed by atoms with Gasteiger partial charge in [0.2, 0.25) is 0 Å². The number of morpholine rings is 1. The molecule has 3 heterocycles. The first-order valence-corrected chi connectivity index (χ1v) is 8.27. The van der Waals surface area contributed by atoms with Crippen LogP contribution in [0.4, 0.5) is 0 Å². The van der Waals surface area contributed by atoms with Crippen LogP contribution >= 0.6 is 11.3 Å². The highest BCUT2D eigenvalue weighted by Gasteiger charge is 2.26.